The molecule has 0 spiro atoms. The second-order valence-electron chi connectivity index (χ2n) is 7.91. The fourth-order valence-corrected chi connectivity index (χ4v) is 3.85. The molecule has 172 valence electrons. The van der Waals surface area contributed by atoms with E-state index in [0.717, 1.165) is 30.2 Å². The Balaban J connectivity index is 0.000000512. The van der Waals surface area contributed by atoms with Gasteiger partial charge < -0.3 is 25.8 Å². The highest BCUT2D eigenvalue weighted by Gasteiger charge is 2.17. The Bertz CT molecular complexity index is 753. The quantitative estimate of drug-likeness (QED) is 0.258. The summed E-state index contributed by atoms with van der Waals surface area (Å²) in [6.45, 7) is 3.28. The van der Waals surface area contributed by atoms with E-state index in [1.165, 1.54) is 37.0 Å². The van der Waals surface area contributed by atoms with Crippen LogP contribution in [-0.4, -0.2) is 52.6 Å². The number of hydrogen-bond donors (Lipinski definition) is 4. The minimum absolute atomic E-state index is 0.0172. The average molecular weight is 452 g/mol. The predicted octanol–water partition coefficient (Wildman–Crippen LogP) is 3.05. The van der Waals surface area contributed by atoms with E-state index in [2.05, 4.69) is 24.0 Å². The van der Waals surface area contributed by atoms with Crippen LogP contribution in [0.2, 0.25) is 0 Å². The summed E-state index contributed by atoms with van der Waals surface area (Å²) in [6.07, 6.45) is 9.51. The minimum atomic E-state index is -1.26. The number of aryl methyl sites for hydroxylation is 1. The number of ether oxygens (including phenoxy) is 1. The number of aliphatic hydroxyl groups excluding tert-OH is 1. The van der Waals surface area contributed by atoms with Crippen LogP contribution < -0.4 is 5.73 Å². The molecule has 0 aromatic carbocycles. The molecule has 1 unspecified atom stereocenters. The molecule has 0 amide bonds. The van der Waals surface area contributed by atoms with Crippen LogP contribution in [0.3, 0.4) is 0 Å². The number of carboxylic acid groups (broad SMARTS) is 2. The van der Waals surface area contributed by atoms with Crippen molar-refractivity contribution in [3.63, 3.8) is 0 Å². The van der Waals surface area contributed by atoms with E-state index in [0.29, 0.717) is 18.8 Å². The van der Waals surface area contributed by atoms with E-state index < -0.39 is 17.5 Å². The number of carboxylic acids is 2. The average Bonchev–Trinajstić information content (AvgIpc) is 3.20. The maximum Gasteiger partial charge on any atom is 0.328 e. The molecule has 7 nitrogen and oxygen atoms in total. The largest absolute Gasteiger partial charge is 0.478 e. The van der Waals surface area contributed by atoms with Crippen LogP contribution in [0.1, 0.15) is 55.2 Å². The lowest BCUT2D eigenvalue weighted by molar-refractivity contribution is -0.134. The van der Waals surface area contributed by atoms with Crippen LogP contribution in [0.4, 0.5) is 0 Å². The van der Waals surface area contributed by atoms with Gasteiger partial charge in [0.2, 0.25) is 0 Å². The summed E-state index contributed by atoms with van der Waals surface area (Å²) in [6, 6.07) is 4.16. The van der Waals surface area contributed by atoms with Crippen molar-refractivity contribution in [3.05, 3.63) is 34.0 Å². The van der Waals surface area contributed by atoms with Crippen molar-refractivity contribution in [2.75, 3.05) is 19.8 Å². The predicted molar refractivity (Wildman–Crippen MR) is 121 cm³/mol. The lowest BCUT2D eigenvalue weighted by Crippen LogP contribution is -2.40. The van der Waals surface area contributed by atoms with Gasteiger partial charge >= 0.3 is 11.9 Å². The zero-order chi connectivity index (χ0) is 23.1. The van der Waals surface area contributed by atoms with Gasteiger partial charge in [-0.25, -0.2) is 9.59 Å². The Labute approximate surface area is 187 Å². The van der Waals surface area contributed by atoms with Crippen LogP contribution in [0.5, 0.6) is 0 Å². The summed E-state index contributed by atoms with van der Waals surface area (Å²) in [5.74, 6) is 4.52. The monoisotopic (exact) mass is 451 g/mol. The van der Waals surface area contributed by atoms with Crippen molar-refractivity contribution >= 4 is 23.3 Å². The van der Waals surface area contributed by atoms with Gasteiger partial charge in [0.05, 0.1) is 18.1 Å². The maximum absolute atomic E-state index is 9.55. The van der Waals surface area contributed by atoms with E-state index in [-0.39, 0.29) is 6.61 Å². The van der Waals surface area contributed by atoms with Crippen LogP contribution >= 0.6 is 11.3 Å². The molecular weight excluding hydrogens is 418 g/mol. The third-order valence-electron chi connectivity index (χ3n) is 4.80. The molecule has 0 saturated heterocycles. The summed E-state index contributed by atoms with van der Waals surface area (Å²) in [5.41, 5.74) is 5.46. The van der Waals surface area contributed by atoms with Crippen LogP contribution in [0.15, 0.2) is 24.3 Å². The van der Waals surface area contributed by atoms with Crippen molar-refractivity contribution in [2.24, 2.45) is 11.7 Å². The van der Waals surface area contributed by atoms with E-state index in [4.69, 9.17) is 20.7 Å². The molecule has 0 radical (unpaired) electrons. The van der Waals surface area contributed by atoms with Gasteiger partial charge in [0, 0.05) is 22.6 Å². The van der Waals surface area contributed by atoms with Crippen molar-refractivity contribution in [3.8, 4) is 11.8 Å². The highest BCUT2D eigenvalue weighted by Crippen LogP contribution is 2.23. The van der Waals surface area contributed by atoms with Gasteiger partial charge in [0.15, 0.2) is 0 Å². The van der Waals surface area contributed by atoms with Crippen molar-refractivity contribution in [1.29, 1.82) is 0 Å². The summed E-state index contributed by atoms with van der Waals surface area (Å²) in [5, 5.41) is 24.8. The number of nitrogens with two attached hydrogens (primary N) is 1. The van der Waals surface area contributed by atoms with E-state index >= 15 is 0 Å². The van der Waals surface area contributed by atoms with Gasteiger partial charge in [-0.05, 0) is 50.7 Å². The molecule has 1 aliphatic rings. The molecule has 1 aromatic heterocycles. The molecule has 1 fully saturated rings. The summed E-state index contributed by atoms with van der Waals surface area (Å²) >= 11 is 1.70. The molecular formula is C23H33NO6S. The van der Waals surface area contributed by atoms with Crippen molar-refractivity contribution in [1.82, 2.24) is 0 Å². The summed E-state index contributed by atoms with van der Waals surface area (Å²) in [4.78, 5) is 21.4. The van der Waals surface area contributed by atoms with Gasteiger partial charge in [0.1, 0.15) is 6.61 Å². The van der Waals surface area contributed by atoms with Gasteiger partial charge in [-0.15, -0.1) is 11.3 Å². The minimum Gasteiger partial charge on any atom is -0.478 e. The molecule has 0 aliphatic heterocycles. The van der Waals surface area contributed by atoms with Crippen LogP contribution in [-0.2, 0) is 20.7 Å². The Hall–Kier alpha value is -2.18. The number of aliphatic carboxylic acids is 2. The fraction of sp³-hybridized carbons (Fsp3) is 0.565. The Morgan fingerprint density at radius 2 is 1.87 bits per heavy atom. The topological polar surface area (TPSA) is 130 Å². The van der Waals surface area contributed by atoms with E-state index in [9.17, 15) is 14.7 Å². The first-order valence-electron chi connectivity index (χ1n) is 10.4. The smallest absolute Gasteiger partial charge is 0.328 e. The van der Waals surface area contributed by atoms with Crippen molar-refractivity contribution < 1.29 is 29.6 Å². The summed E-state index contributed by atoms with van der Waals surface area (Å²) < 4.78 is 5.70. The molecule has 1 heterocycles. The van der Waals surface area contributed by atoms with E-state index in [1.54, 1.807) is 11.3 Å². The molecule has 2 rings (SSSR count). The first kappa shape index (κ1) is 26.9. The second kappa shape index (κ2) is 14.8. The summed E-state index contributed by atoms with van der Waals surface area (Å²) in [7, 11) is 0. The Morgan fingerprint density at radius 3 is 2.45 bits per heavy atom. The van der Waals surface area contributed by atoms with E-state index in [1.807, 2.05) is 6.92 Å². The molecule has 1 atom stereocenters. The maximum atomic E-state index is 9.55. The van der Waals surface area contributed by atoms with Crippen LogP contribution in [0.25, 0.3) is 0 Å². The standard InChI is InChI=1S/C19H29NO2S.C4H4O4/c1-19(20,15-21)12-11-18-10-9-17(23-18)8-5-13-22-14-16-6-3-2-4-7-16;5-3(6)1-2-4(7)8/h9-10,16,21H,2-4,6-7,11-15,20H2,1H3;1-2H,(H,5,6)(H,7,8)/b;2-1-. The fourth-order valence-electron chi connectivity index (χ4n) is 2.96. The molecule has 31 heavy (non-hydrogen) atoms. The van der Waals surface area contributed by atoms with Gasteiger partial charge in [0.25, 0.3) is 0 Å². The SMILES string of the molecule is CC(N)(CO)CCc1ccc(C#CCOCC2CCCCC2)s1.O=C(O)/C=C\C(=O)O. The Morgan fingerprint density at radius 1 is 1.23 bits per heavy atom. The first-order valence-corrected chi connectivity index (χ1v) is 11.2. The van der Waals surface area contributed by atoms with Gasteiger partial charge in [-0.1, -0.05) is 31.1 Å². The third-order valence-corrected chi connectivity index (χ3v) is 5.86. The molecule has 5 N–H and O–H groups in total. The number of aliphatic hydroxyl groups is 1. The van der Waals surface area contributed by atoms with Gasteiger partial charge in [-0.2, -0.15) is 0 Å². The second-order valence-corrected chi connectivity index (χ2v) is 9.08. The first-order chi connectivity index (χ1) is 14.7. The third kappa shape index (κ3) is 13.7. The number of thiophene rings is 1. The zero-order valence-corrected chi connectivity index (χ0v) is 18.8. The van der Waals surface area contributed by atoms with Gasteiger partial charge in [-0.3, -0.25) is 0 Å². The highest BCUT2D eigenvalue weighted by molar-refractivity contribution is 7.12. The Kier molecular flexibility index (Phi) is 12.8. The molecule has 1 saturated carbocycles. The molecule has 1 aliphatic carbocycles. The molecule has 1 aromatic rings. The van der Waals surface area contributed by atoms with Crippen LogP contribution in [0, 0.1) is 17.8 Å². The molecule has 8 heteroatoms. The number of rotatable bonds is 9. The lowest BCUT2D eigenvalue weighted by Gasteiger charge is -2.20. The normalized spacial score (nSPS) is 16.0. The van der Waals surface area contributed by atoms with Crippen molar-refractivity contribution in [2.45, 2.75) is 57.4 Å². The number of hydrogen-bond acceptors (Lipinski definition) is 6. The number of carbonyl (C=O) groups is 2. The zero-order valence-electron chi connectivity index (χ0n) is 18.0. The lowest BCUT2D eigenvalue weighted by atomic mass is 9.90. The highest BCUT2D eigenvalue weighted by atomic mass is 32.1. The molecule has 0 bridgehead atoms.